The van der Waals surface area contributed by atoms with Crippen molar-refractivity contribution < 1.29 is 14.4 Å². The quantitative estimate of drug-likeness (QED) is 0.509. The van der Waals surface area contributed by atoms with Crippen LogP contribution in [0.4, 0.5) is 11.4 Å². The predicted octanol–water partition coefficient (Wildman–Crippen LogP) is 1.89. The third kappa shape index (κ3) is 5.65. The Morgan fingerprint density at radius 2 is 1.66 bits per heavy atom. The van der Waals surface area contributed by atoms with Gasteiger partial charge in [-0.15, -0.1) is 5.10 Å². The van der Waals surface area contributed by atoms with Gasteiger partial charge in [0.15, 0.2) is 0 Å². The second kappa shape index (κ2) is 11.7. The normalized spacial score (nSPS) is 16.2. The van der Waals surface area contributed by atoms with Crippen LogP contribution in [0.1, 0.15) is 42.5 Å². The van der Waals surface area contributed by atoms with Gasteiger partial charge in [-0.25, -0.2) is 0 Å². The van der Waals surface area contributed by atoms with Crippen molar-refractivity contribution in [3.63, 3.8) is 0 Å². The minimum Gasteiger partial charge on any atom is -0.366 e. The molecule has 198 valence electrons. The number of aryl methyl sites for hydroxylation is 1. The molecule has 0 spiro atoms. The summed E-state index contributed by atoms with van der Waals surface area (Å²) in [7, 11) is 0. The molecule has 2 aromatic heterocycles. The molecule has 38 heavy (non-hydrogen) atoms. The highest BCUT2D eigenvalue weighted by Crippen LogP contribution is 2.30. The molecule has 2 N–H and O–H groups in total. The zero-order chi connectivity index (χ0) is 26.5. The van der Waals surface area contributed by atoms with Crippen LogP contribution in [0.15, 0.2) is 42.7 Å². The molecule has 0 saturated carbocycles. The molecule has 11 nitrogen and oxygen atoms in total. The van der Waals surface area contributed by atoms with Crippen LogP contribution in [0.5, 0.6) is 0 Å². The number of benzene rings is 1. The number of nitrogens with one attached hydrogen (secondary N) is 2. The Morgan fingerprint density at radius 1 is 0.895 bits per heavy atom. The lowest BCUT2D eigenvalue weighted by Gasteiger charge is -2.37. The summed E-state index contributed by atoms with van der Waals surface area (Å²) < 4.78 is 3.88. The summed E-state index contributed by atoms with van der Waals surface area (Å²) >= 11 is 1.12. The molecule has 5 rings (SSSR count). The third-order valence-electron chi connectivity index (χ3n) is 6.81. The van der Waals surface area contributed by atoms with E-state index in [-0.39, 0.29) is 17.7 Å². The maximum Gasteiger partial charge on any atom is 0.267 e. The fourth-order valence-corrected chi connectivity index (χ4v) is 5.32. The summed E-state index contributed by atoms with van der Waals surface area (Å²) in [5.41, 5.74) is 3.02. The summed E-state index contributed by atoms with van der Waals surface area (Å²) in [6, 6.07) is 8.77. The molecule has 4 heterocycles. The minimum absolute atomic E-state index is 0.0522. The van der Waals surface area contributed by atoms with Crippen LogP contribution in [0, 0.1) is 6.92 Å². The van der Waals surface area contributed by atoms with E-state index in [1.807, 2.05) is 17.0 Å². The van der Waals surface area contributed by atoms with Gasteiger partial charge in [0, 0.05) is 69.3 Å². The highest BCUT2D eigenvalue weighted by atomic mass is 32.1. The van der Waals surface area contributed by atoms with E-state index in [4.69, 9.17) is 0 Å². The SMILES string of the molecule is Cc1nnsc1C(=O)N1CCN(c2ccc(C(=O)N3CCCNCC3)cc2NC(=O)c2ccncc2)CC1. The summed E-state index contributed by atoms with van der Waals surface area (Å²) in [5, 5.41) is 10.3. The van der Waals surface area contributed by atoms with Crippen molar-refractivity contribution in [1.29, 1.82) is 0 Å². The Hall–Kier alpha value is -3.90. The monoisotopic (exact) mass is 534 g/mol. The Balaban J connectivity index is 1.37. The number of rotatable bonds is 5. The van der Waals surface area contributed by atoms with Gasteiger partial charge in [-0.3, -0.25) is 19.4 Å². The number of nitrogens with zero attached hydrogens (tertiary/aromatic N) is 6. The molecule has 0 radical (unpaired) electrons. The maximum atomic E-state index is 13.3. The van der Waals surface area contributed by atoms with Gasteiger partial charge in [0.05, 0.1) is 17.1 Å². The molecule has 3 aromatic rings. The van der Waals surface area contributed by atoms with Crippen LogP contribution in [-0.2, 0) is 0 Å². The molecular weight excluding hydrogens is 504 g/mol. The zero-order valence-corrected chi connectivity index (χ0v) is 22.0. The Kier molecular flexibility index (Phi) is 7.89. The van der Waals surface area contributed by atoms with Gasteiger partial charge in [0.1, 0.15) is 4.88 Å². The smallest absolute Gasteiger partial charge is 0.267 e. The first-order chi connectivity index (χ1) is 18.5. The van der Waals surface area contributed by atoms with Crippen LogP contribution < -0.4 is 15.5 Å². The van der Waals surface area contributed by atoms with Gasteiger partial charge in [-0.05, 0) is 61.8 Å². The molecular formula is C26H30N8O3S. The van der Waals surface area contributed by atoms with E-state index in [9.17, 15) is 14.4 Å². The van der Waals surface area contributed by atoms with Crippen molar-refractivity contribution in [2.45, 2.75) is 13.3 Å². The Labute approximate surface area is 225 Å². The zero-order valence-electron chi connectivity index (χ0n) is 21.2. The number of pyridine rings is 1. The van der Waals surface area contributed by atoms with Crippen molar-refractivity contribution in [2.75, 3.05) is 62.6 Å². The summed E-state index contributed by atoms with van der Waals surface area (Å²) in [5.74, 6) is -0.390. The number of carbonyl (C=O) groups excluding carboxylic acids is 3. The highest BCUT2D eigenvalue weighted by Gasteiger charge is 2.27. The second-order valence-electron chi connectivity index (χ2n) is 9.28. The van der Waals surface area contributed by atoms with Gasteiger partial charge >= 0.3 is 0 Å². The fourth-order valence-electron chi connectivity index (χ4n) is 4.70. The molecule has 2 aliphatic heterocycles. The molecule has 12 heteroatoms. The summed E-state index contributed by atoms with van der Waals surface area (Å²) in [6.07, 6.45) is 4.04. The van der Waals surface area contributed by atoms with E-state index in [1.54, 1.807) is 42.4 Å². The van der Waals surface area contributed by atoms with E-state index in [0.29, 0.717) is 66.7 Å². The van der Waals surface area contributed by atoms with Crippen molar-refractivity contribution in [2.24, 2.45) is 0 Å². The topological polar surface area (TPSA) is 124 Å². The van der Waals surface area contributed by atoms with Crippen molar-refractivity contribution in [3.8, 4) is 0 Å². The maximum absolute atomic E-state index is 13.3. The Morgan fingerprint density at radius 3 is 2.39 bits per heavy atom. The van der Waals surface area contributed by atoms with Crippen LogP contribution in [0.3, 0.4) is 0 Å². The van der Waals surface area contributed by atoms with Gasteiger partial charge in [0.25, 0.3) is 17.7 Å². The van der Waals surface area contributed by atoms with Gasteiger partial charge in [-0.1, -0.05) is 4.49 Å². The van der Waals surface area contributed by atoms with Crippen molar-refractivity contribution in [3.05, 3.63) is 64.4 Å². The predicted molar refractivity (Wildman–Crippen MR) is 145 cm³/mol. The van der Waals surface area contributed by atoms with Gasteiger partial charge < -0.3 is 25.3 Å². The molecule has 2 aliphatic rings. The van der Waals surface area contributed by atoms with Crippen LogP contribution in [0.25, 0.3) is 0 Å². The standard InChI is InChI=1S/C26H30N8O3S/c1-18-23(38-31-30-18)26(37)34-15-13-32(14-16-34)22-4-3-20(25(36)33-11-2-7-27-10-12-33)17-21(22)29-24(35)19-5-8-28-9-6-19/h3-6,8-9,17,27H,2,7,10-16H2,1H3,(H,29,35). The number of piperazine rings is 1. The third-order valence-corrected chi connectivity index (χ3v) is 7.63. The fraction of sp³-hybridized carbons (Fsp3) is 0.385. The van der Waals surface area contributed by atoms with Crippen LogP contribution in [-0.4, -0.2) is 94.5 Å². The first-order valence-electron chi connectivity index (χ1n) is 12.7. The van der Waals surface area contributed by atoms with E-state index in [1.165, 1.54) is 0 Å². The Bertz CT molecular complexity index is 1300. The molecule has 0 unspecified atom stereocenters. The minimum atomic E-state index is -0.279. The van der Waals surface area contributed by atoms with Crippen molar-refractivity contribution in [1.82, 2.24) is 29.7 Å². The van der Waals surface area contributed by atoms with Crippen LogP contribution >= 0.6 is 11.5 Å². The van der Waals surface area contributed by atoms with Crippen molar-refractivity contribution >= 4 is 40.6 Å². The number of hydrogen-bond acceptors (Lipinski definition) is 9. The average Bonchev–Trinajstić information content (AvgIpc) is 3.20. The number of aromatic nitrogens is 3. The molecule has 0 aliphatic carbocycles. The lowest BCUT2D eigenvalue weighted by Crippen LogP contribution is -2.49. The van der Waals surface area contributed by atoms with E-state index in [0.717, 1.165) is 36.7 Å². The molecule has 2 fully saturated rings. The first-order valence-corrected chi connectivity index (χ1v) is 13.5. The number of hydrogen-bond donors (Lipinski definition) is 2. The number of anilines is 2. The van der Waals surface area contributed by atoms with Crippen LogP contribution in [0.2, 0.25) is 0 Å². The molecule has 3 amide bonds. The highest BCUT2D eigenvalue weighted by molar-refractivity contribution is 7.07. The van der Waals surface area contributed by atoms with E-state index in [2.05, 4.69) is 30.1 Å². The largest absolute Gasteiger partial charge is 0.366 e. The number of amides is 3. The average molecular weight is 535 g/mol. The molecule has 1 aromatic carbocycles. The summed E-state index contributed by atoms with van der Waals surface area (Å²) in [4.78, 5) is 49.6. The lowest BCUT2D eigenvalue weighted by atomic mass is 10.1. The van der Waals surface area contributed by atoms with Gasteiger partial charge in [-0.2, -0.15) is 0 Å². The van der Waals surface area contributed by atoms with Gasteiger partial charge in [0.2, 0.25) is 0 Å². The van der Waals surface area contributed by atoms with E-state index < -0.39 is 0 Å². The first kappa shape index (κ1) is 25.7. The molecule has 0 bridgehead atoms. The molecule has 2 saturated heterocycles. The number of carbonyl (C=O) groups is 3. The summed E-state index contributed by atoms with van der Waals surface area (Å²) in [6.45, 7) is 6.99. The second-order valence-corrected chi connectivity index (χ2v) is 10.0. The lowest BCUT2D eigenvalue weighted by molar-refractivity contribution is 0.0747. The van der Waals surface area contributed by atoms with E-state index >= 15 is 0 Å². The molecule has 0 atom stereocenters.